The monoisotopic (exact) mass is 225 g/mol. The minimum absolute atomic E-state index is 0.328. The third kappa shape index (κ3) is 0.891. The first kappa shape index (κ1) is 8.58. The summed E-state index contributed by atoms with van der Waals surface area (Å²) in [6, 6.07) is 9.37. The van der Waals surface area contributed by atoms with E-state index in [0.717, 1.165) is 16.7 Å². The van der Waals surface area contributed by atoms with Crippen LogP contribution in [0.2, 0.25) is 0 Å². The number of rotatable bonds is 0. The summed E-state index contributed by atoms with van der Waals surface area (Å²) in [5, 5.41) is 2.30. The highest BCUT2D eigenvalue weighted by Crippen LogP contribution is 2.25. The third-order valence-electron chi connectivity index (χ3n) is 3.10. The van der Waals surface area contributed by atoms with E-state index in [2.05, 4.69) is 10.3 Å². The van der Waals surface area contributed by atoms with Crippen molar-refractivity contribution < 1.29 is 9.59 Å². The summed E-state index contributed by atoms with van der Waals surface area (Å²) in [6.45, 7) is 0. The topological polar surface area (TPSA) is 66.4 Å². The molecule has 0 unspecified atom stereocenters. The van der Waals surface area contributed by atoms with Gasteiger partial charge in [-0.25, -0.2) is 0 Å². The molecule has 0 radical (unpaired) electrons. The van der Waals surface area contributed by atoms with E-state index in [0.29, 0.717) is 11.3 Å². The first-order valence-corrected chi connectivity index (χ1v) is 5.23. The quantitative estimate of drug-likeness (QED) is 0.566. The first-order valence-electron chi connectivity index (χ1n) is 5.23. The molecule has 82 valence electrons. The minimum Gasteiger partial charge on any atom is -0.340 e. The average molecular weight is 225 g/mol. The number of benzene rings is 1. The van der Waals surface area contributed by atoms with Crippen molar-refractivity contribution in [1.29, 1.82) is 0 Å². The number of hydrogen-bond acceptors (Lipinski definition) is 2. The Kier molecular flexibility index (Phi) is 1.30. The number of fused-ring (bicyclic) bond motifs is 5. The van der Waals surface area contributed by atoms with Gasteiger partial charge in [-0.1, -0.05) is 12.1 Å². The zero-order chi connectivity index (χ0) is 11.6. The lowest BCUT2D eigenvalue weighted by Crippen LogP contribution is -2.21. The maximum atomic E-state index is 11.7. The number of imidazole rings is 1. The van der Waals surface area contributed by atoms with E-state index in [1.54, 1.807) is 10.5 Å². The number of nitrogens with zero attached hydrogens (tertiary/aromatic N) is 1. The van der Waals surface area contributed by atoms with Crippen LogP contribution >= 0.6 is 0 Å². The molecule has 0 spiro atoms. The highest BCUT2D eigenvalue weighted by atomic mass is 16.2. The molecular weight excluding hydrogens is 218 g/mol. The molecular formula is C12H7N3O2. The minimum atomic E-state index is -0.338. The van der Waals surface area contributed by atoms with Crippen molar-refractivity contribution in [3.8, 4) is 0 Å². The maximum Gasteiger partial charge on any atom is 0.275 e. The number of carbonyl (C=O) groups is 2. The molecule has 0 saturated heterocycles. The zero-order valence-corrected chi connectivity index (χ0v) is 8.65. The van der Waals surface area contributed by atoms with Gasteiger partial charge in [-0.15, -0.1) is 0 Å². The summed E-state index contributed by atoms with van der Waals surface area (Å²) in [5.74, 6) is -0.666. The summed E-state index contributed by atoms with van der Waals surface area (Å²) in [5.41, 5.74) is 3.46. The van der Waals surface area contributed by atoms with Gasteiger partial charge in [-0.2, -0.15) is 0 Å². The number of imide groups is 1. The smallest absolute Gasteiger partial charge is 0.275 e. The average Bonchev–Trinajstić information content (AvgIpc) is 2.89. The van der Waals surface area contributed by atoms with Crippen LogP contribution in [-0.2, 0) is 0 Å². The second-order valence-corrected chi connectivity index (χ2v) is 4.05. The Morgan fingerprint density at radius 3 is 2.76 bits per heavy atom. The predicted molar refractivity (Wildman–Crippen MR) is 61.1 cm³/mol. The molecule has 2 N–H and O–H groups in total. The van der Waals surface area contributed by atoms with Crippen LogP contribution in [0.15, 0.2) is 30.3 Å². The van der Waals surface area contributed by atoms with Gasteiger partial charge in [0.05, 0.1) is 16.6 Å². The molecule has 5 nitrogen and oxygen atoms in total. The van der Waals surface area contributed by atoms with Gasteiger partial charge in [-0.05, 0) is 18.2 Å². The Hall–Kier alpha value is -2.56. The molecule has 0 fully saturated rings. The molecule has 4 rings (SSSR count). The number of amides is 2. The fourth-order valence-corrected chi connectivity index (χ4v) is 2.39. The van der Waals surface area contributed by atoms with Crippen molar-refractivity contribution in [2.24, 2.45) is 0 Å². The number of carbonyl (C=O) groups excluding carboxylic acids is 2. The van der Waals surface area contributed by atoms with E-state index in [4.69, 9.17) is 0 Å². The molecule has 1 aliphatic rings. The lowest BCUT2D eigenvalue weighted by atomic mass is 10.2. The molecule has 1 aromatic carbocycles. The van der Waals surface area contributed by atoms with Crippen LogP contribution in [-0.4, -0.2) is 21.2 Å². The molecule has 5 heteroatoms. The van der Waals surface area contributed by atoms with E-state index in [9.17, 15) is 9.59 Å². The van der Waals surface area contributed by atoms with Crippen molar-refractivity contribution >= 4 is 28.5 Å². The Morgan fingerprint density at radius 2 is 1.88 bits per heavy atom. The molecule has 3 aromatic rings. The van der Waals surface area contributed by atoms with Gasteiger partial charge in [0.2, 0.25) is 0 Å². The maximum absolute atomic E-state index is 11.7. The largest absolute Gasteiger partial charge is 0.340 e. The van der Waals surface area contributed by atoms with Crippen LogP contribution in [0.4, 0.5) is 0 Å². The number of aromatic amines is 1. The number of hydrogen-bond donors (Lipinski definition) is 2. The molecule has 17 heavy (non-hydrogen) atoms. The first-order chi connectivity index (χ1) is 8.25. The van der Waals surface area contributed by atoms with Gasteiger partial charge in [-0.3, -0.25) is 19.3 Å². The Labute approximate surface area is 95.0 Å². The molecule has 0 bridgehead atoms. The third-order valence-corrected chi connectivity index (χ3v) is 3.10. The predicted octanol–water partition coefficient (Wildman–Crippen LogP) is 1.30. The summed E-state index contributed by atoms with van der Waals surface area (Å²) in [7, 11) is 0. The molecule has 2 aromatic heterocycles. The van der Waals surface area contributed by atoms with Gasteiger partial charge in [0.25, 0.3) is 11.8 Å². The second-order valence-electron chi connectivity index (χ2n) is 4.05. The van der Waals surface area contributed by atoms with Gasteiger partial charge in [0.1, 0.15) is 11.3 Å². The van der Waals surface area contributed by atoms with E-state index in [-0.39, 0.29) is 11.8 Å². The van der Waals surface area contributed by atoms with Crippen LogP contribution < -0.4 is 5.32 Å². The van der Waals surface area contributed by atoms with Crippen LogP contribution in [0.3, 0.4) is 0 Å². The SMILES string of the molecule is O=C1NC(=O)c2c1cc1[nH]c3ccccc3n21. The summed E-state index contributed by atoms with van der Waals surface area (Å²) in [4.78, 5) is 26.4. The molecule has 1 aliphatic heterocycles. The summed E-state index contributed by atoms with van der Waals surface area (Å²) < 4.78 is 1.78. The van der Waals surface area contributed by atoms with Gasteiger partial charge in [0.15, 0.2) is 0 Å². The number of aromatic nitrogens is 2. The Balaban J connectivity index is 2.27. The Morgan fingerprint density at radius 1 is 1.06 bits per heavy atom. The van der Waals surface area contributed by atoms with Crippen LogP contribution in [0, 0.1) is 0 Å². The summed E-state index contributed by atoms with van der Waals surface area (Å²) in [6.07, 6.45) is 0. The number of para-hydroxylation sites is 2. The normalized spacial score (nSPS) is 14.6. The van der Waals surface area contributed by atoms with Crippen LogP contribution in [0.5, 0.6) is 0 Å². The number of H-pyrrole nitrogens is 1. The molecule has 3 heterocycles. The van der Waals surface area contributed by atoms with Gasteiger partial charge in [0, 0.05) is 0 Å². The fourth-order valence-electron chi connectivity index (χ4n) is 2.39. The van der Waals surface area contributed by atoms with E-state index >= 15 is 0 Å². The van der Waals surface area contributed by atoms with Crippen molar-refractivity contribution in [2.75, 3.05) is 0 Å². The van der Waals surface area contributed by atoms with Gasteiger partial charge < -0.3 is 4.98 Å². The van der Waals surface area contributed by atoms with E-state index in [1.165, 1.54) is 0 Å². The van der Waals surface area contributed by atoms with Crippen molar-refractivity contribution in [2.45, 2.75) is 0 Å². The van der Waals surface area contributed by atoms with Crippen molar-refractivity contribution in [3.05, 3.63) is 41.6 Å². The van der Waals surface area contributed by atoms with E-state index in [1.807, 2.05) is 24.3 Å². The second kappa shape index (κ2) is 2.57. The highest BCUT2D eigenvalue weighted by molar-refractivity contribution is 6.22. The van der Waals surface area contributed by atoms with Crippen LogP contribution in [0.25, 0.3) is 16.7 Å². The molecule has 2 amide bonds. The van der Waals surface area contributed by atoms with Gasteiger partial charge >= 0.3 is 0 Å². The molecule has 0 aliphatic carbocycles. The lowest BCUT2D eigenvalue weighted by Gasteiger charge is -1.94. The number of nitrogens with one attached hydrogen (secondary N) is 2. The van der Waals surface area contributed by atoms with Crippen molar-refractivity contribution in [1.82, 2.24) is 14.7 Å². The summed E-state index contributed by atoms with van der Waals surface area (Å²) >= 11 is 0. The van der Waals surface area contributed by atoms with Crippen LogP contribution in [0.1, 0.15) is 20.8 Å². The molecule has 0 atom stereocenters. The van der Waals surface area contributed by atoms with Crippen molar-refractivity contribution in [3.63, 3.8) is 0 Å². The standard InChI is InChI=1S/C12H7N3O2/c16-11-6-5-9-13-7-3-1-2-4-8(7)15(9)10(6)12(17)14-11/h1-5,13H,(H,14,16,17). The zero-order valence-electron chi connectivity index (χ0n) is 8.65. The Bertz CT molecular complexity index is 810. The molecule has 0 saturated carbocycles. The highest BCUT2D eigenvalue weighted by Gasteiger charge is 2.31. The fraction of sp³-hybridized carbons (Fsp3) is 0. The lowest BCUT2D eigenvalue weighted by molar-refractivity contribution is 0.0877. The van der Waals surface area contributed by atoms with E-state index < -0.39 is 0 Å².